The molecule has 1 fully saturated rings. The first kappa shape index (κ1) is 35.0. The first-order chi connectivity index (χ1) is 22.4. The predicted molar refractivity (Wildman–Crippen MR) is 173 cm³/mol. The van der Waals surface area contributed by atoms with Crippen LogP contribution in [0.2, 0.25) is 5.02 Å². The van der Waals surface area contributed by atoms with E-state index in [1.807, 2.05) is 6.07 Å². The fourth-order valence-corrected chi connectivity index (χ4v) is 5.01. The molecule has 1 saturated heterocycles. The Morgan fingerprint density at radius 1 is 1.21 bits per heavy atom. The van der Waals surface area contributed by atoms with Gasteiger partial charge in [-0.3, -0.25) is 9.69 Å². The second kappa shape index (κ2) is 15.6. The highest BCUT2D eigenvalue weighted by Crippen LogP contribution is 2.33. The number of hydrogen-bond acceptors (Lipinski definition) is 11. The molecule has 0 bridgehead atoms. The molecular formula is C32H37ClFN7O6. The summed E-state index contributed by atoms with van der Waals surface area (Å²) >= 11 is 6.11. The van der Waals surface area contributed by atoms with Gasteiger partial charge in [0.15, 0.2) is 17.3 Å². The monoisotopic (exact) mass is 669 g/mol. The van der Waals surface area contributed by atoms with Crippen LogP contribution in [0.5, 0.6) is 11.5 Å². The van der Waals surface area contributed by atoms with Crippen molar-refractivity contribution in [2.24, 2.45) is 0 Å². The largest absolute Gasteiger partial charge is 0.493 e. The SMILES string of the molecule is COc1ccc(Nc2ncc(C#N)c(Nc3cc(Cl)c(F)cc3CN3CCC[C@H]3C(=O)O)n2)cc1OCCCNC(=O)OC(C)(C)C. The zero-order valence-electron chi connectivity index (χ0n) is 26.5. The zero-order valence-corrected chi connectivity index (χ0v) is 27.3. The Labute approximate surface area is 277 Å². The number of ether oxygens (including phenoxy) is 3. The Hall–Kier alpha value is -4.87. The van der Waals surface area contributed by atoms with Crippen LogP contribution >= 0.6 is 11.6 Å². The molecule has 250 valence electrons. The number of likely N-dealkylation sites (tertiary alicyclic amines) is 1. The van der Waals surface area contributed by atoms with Gasteiger partial charge in [0.1, 0.15) is 29.1 Å². The third kappa shape index (κ3) is 9.81. The summed E-state index contributed by atoms with van der Waals surface area (Å²) in [6.45, 7) is 6.69. The van der Waals surface area contributed by atoms with Gasteiger partial charge in [-0.25, -0.2) is 14.2 Å². The van der Waals surface area contributed by atoms with Crippen molar-refractivity contribution in [3.63, 3.8) is 0 Å². The lowest BCUT2D eigenvalue weighted by Gasteiger charge is -2.23. The quantitative estimate of drug-likeness (QED) is 0.157. The first-order valence-corrected chi connectivity index (χ1v) is 15.3. The zero-order chi connectivity index (χ0) is 34.1. The van der Waals surface area contributed by atoms with E-state index in [1.54, 1.807) is 43.9 Å². The third-order valence-corrected chi connectivity index (χ3v) is 7.29. The number of carboxylic acids is 1. The van der Waals surface area contributed by atoms with E-state index >= 15 is 0 Å². The number of carbonyl (C=O) groups excluding carboxylic acids is 1. The smallest absolute Gasteiger partial charge is 0.407 e. The van der Waals surface area contributed by atoms with Gasteiger partial charge in [-0.05, 0) is 76.4 Å². The molecule has 2 heterocycles. The van der Waals surface area contributed by atoms with E-state index in [4.69, 9.17) is 25.8 Å². The van der Waals surface area contributed by atoms with E-state index in [9.17, 15) is 24.3 Å². The molecule has 1 amide bonds. The number of methoxy groups -OCH3 is 1. The molecule has 4 rings (SSSR count). The molecule has 1 atom stereocenters. The second-order valence-corrected chi connectivity index (χ2v) is 12.1. The fraction of sp³-hybridized carbons (Fsp3) is 0.406. The Bertz CT molecular complexity index is 1650. The maximum absolute atomic E-state index is 14.5. The fourth-order valence-electron chi connectivity index (χ4n) is 4.85. The van der Waals surface area contributed by atoms with Crippen LogP contribution in [0.1, 0.15) is 51.2 Å². The molecule has 3 aromatic rings. The van der Waals surface area contributed by atoms with Gasteiger partial charge in [0.2, 0.25) is 5.95 Å². The first-order valence-electron chi connectivity index (χ1n) is 14.9. The number of aromatic nitrogens is 2. The number of carboxylic acid groups (broad SMARTS) is 1. The van der Waals surface area contributed by atoms with Crippen molar-refractivity contribution in [3.8, 4) is 17.6 Å². The van der Waals surface area contributed by atoms with E-state index in [2.05, 4.69) is 25.9 Å². The number of nitriles is 1. The lowest BCUT2D eigenvalue weighted by atomic mass is 10.1. The van der Waals surface area contributed by atoms with Gasteiger partial charge in [0.05, 0.1) is 24.9 Å². The topological polar surface area (TPSA) is 171 Å². The number of anilines is 4. The molecule has 1 aliphatic rings. The Morgan fingerprint density at radius 3 is 2.70 bits per heavy atom. The minimum atomic E-state index is -0.938. The van der Waals surface area contributed by atoms with Gasteiger partial charge in [-0.15, -0.1) is 0 Å². The molecular weight excluding hydrogens is 633 g/mol. The number of nitrogens with one attached hydrogen (secondary N) is 3. The van der Waals surface area contributed by atoms with Gasteiger partial charge in [-0.2, -0.15) is 10.2 Å². The van der Waals surface area contributed by atoms with Gasteiger partial charge in [0.25, 0.3) is 0 Å². The summed E-state index contributed by atoms with van der Waals surface area (Å²) in [5, 5.41) is 28.0. The number of aliphatic carboxylic acids is 1. The van der Waals surface area contributed by atoms with Crippen LogP contribution in [-0.2, 0) is 16.1 Å². The molecule has 2 aromatic carbocycles. The van der Waals surface area contributed by atoms with Gasteiger partial charge in [-0.1, -0.05) is 11.6 Å². The number of benzene rings is 2. The van der Waals surface area contributed by atoms with E-state index < -0.39 is 29.5 Å². The van der Waals surface area contributed by atoms with Crippen molar-refractivity contribution < 1.29 is 33.3 Å². The summed E-state index contributed by atoms with van der Waals surface area (Å²) in [5.74, 6) is -0.388. The average molecular weight is 670 g/mol. The Morgan fingerprint density at radius 2 is 2.00 bits per heavy atom. The highest BCUT2D eigenvalue weighted by Gasteiger charge is 2.31. The number of nitrogens with zero attached hydrogens (tertiary/aromatic N) is 4. The highest BCUT2D eigenvalue weighted by atomic mass is 35.5. The summed E-state index contributed by atoms with van der Waals surface area (Å²) in [6, 6.07) is 9.12. The predicted octanol–water partition coefficient (Wildman–Crippen LogP) is 5.98. The summed E-state index contributed by atoms with van der Waals surface area (Å²) in [6.07, 6.45) is 2.55. The van der Waals surface area contributed by atoms with Gasteiger partial charge < -0.3 is 35.3 Å². The normalized spacial score (nSPS) is 14.6. The van der Waals surface area contributed by atoms with Crippen LogP contribution in [0.25, 0.3) is 0 Å². The molecule has 0 unspecified atom stereocenters. The second-order valence-electron chi connectivity index (χ2n) is 11.7. The van der Waals surface area contributed by atoms with E-state index in [1.165, 1.54) is 25.4 Å². The summed E-state index contributed by atoms with van der Waals surface area (Å²) < 4.78 is 31.1. The minimum Gasteiger partial charge on any atom is -0.493 e. The van der Waals surface area contributed by atoms with Crippen molar-refractivity contribution in [1.29, 1.82) is 5.26 Å². The van der Waals surface area contributed by atoms with Crippen LogP contribution in [-0.4, -0.2) is 70.5 Å². The van der Waals surface area contributed by atoms with Crippen molar-refractivity contribution >= 4 is 46.8 Å². The van der Waals surface area contributed by atoms with Crippen molar-refractivity contribution in [2.75, 3.05) is 37.4 Å². The highest BCUT2D eigenvalue weighted by molar-refractivity contribution is 6.31. The van der Waals surface area contributed by atoms with Crippen LogP contribution < -0.4 is 25.4 Å². The Balaban J connectivity index is 1.48. The van der Waals surface area contributed by atoms with E-state index in [0.29, 0.717) is 60.8 Å². The summed E-state index contributed by atoms with van der Waals surface area (Å²) in [4.78, 5) is 34.1. The molecule has 47 heavy (non-hydrogen) atoms. The standard InChI is InChI=1S/C32H37ClFN7O6/c1-32(2,3)47-31(44)36-10-6-12-46-27-14-21(8-9-26(27)45-4)38-30-37-17-20(16-35)28(40-30)39-24-15-22(33)23(34)13-19(24)18-41-11-5-7-25(41)29(42)43/h8-9,13-15,17,25H,5-7,10-12,18H2,1-4H3,(H,36,44)(H,42,43)(H2,37,38,39,40)/t25-/m0/s1. The molecule has 1 aliphatic heterocycles. The number of rotatable bonds is 13. The van der Waals surface area contributed by atoms with Crippen LogP contribution in [0.3, 0.4) is 0 Å². The summed E-state index contributed by atoms with van der Waals surface area (Å²) in [7, 11) is 1.52. The molecule has 0 saturated carbocycles. The number of halogens is 2. The van der Waals surface area contributed by atoms with Crippen LogP contribution in [0.4, 0.5) is 32.3 Å². The number of amides is 1. The number of carbonyl (C=O) groups is 2. The third-order valence-electron chi connectivity index (χ3n) is 7.00. The van der Waals surface area contributed by atoms with Crippen LogP contribution in [0.15, 0.2) is 36.5 Å². The maximum atomic E-state index is 14.5. The molecule has 0 radical (unpaired) electrons. The lowest BCUT2D eigenvalue weighted by molar-refractivity contribution is -0.142. The minimum absolute atomic E-state index is 0.116. The maximum Gasteiger partial charge on any atom is 0.407 e. The molecule has 0 aliphatic carbocycles. The Kier molecular flexibility index (Phi) is 11.6. The molecule has 15 heteroatoms. The average Bonchev–Trinajstić information content (AvgIpc) is 3.47. The van der Waals surface area contributed by atoms with Crippen molar-refractivity contribution in [1.82, 2.24) is 20.2 Å². The molecule has 0 spiro atoms. The van der Waals surface area contributed by atoms with Gasteiger partial charge >= 0.3 is 12.1 Å². The van der Waals surface area contributed by atoms with Crippen LogP contribution in [0, 0.1) is 17.1 Å². The molecule has 1 aromatic heterocycles. The van der Waals surface area contributed by atoms with Crippen molar-refractivity contribution in [2.45, 2.75) is 58.2 Å². The molecule has 4 N–H and O–H groups in total. The number of hydrogen-bond donors (Lipinski definition) is 4. The lowest BCUT2D eigenvalue weighted by Crippen LogP contribution is -2.35. The molecule has 13 nitrogen and oxygen atoms in total. The number of alkyl carbamates (subject to hydrolysis) is 1. The van der Waals surface area contributed by atoms with E-state index in [0.717, 1.165) is 0 Å². The van der Waals surface area contributed by atoms with Crippen molar-refractivity contribution in [3.05, 3.63) is 58.5 Å². The van der Waals surface area contributed by atoms with Gasteiger partial charge in [0, 0.05) is 30.5 Å². The summed E-state index contributed by atoms with van der Waals surface area (Å²) in [5.41, 5.74) is 0.910. The van der Waals surface area contributed by atoms with E-state index in [-0.39, 0.29) is 35.5 Å².